The van der Waals surface area contributed by atoms with Crippen molar-refractivity contribution >= 4 is 23.5 Å². The van der Waals surface area contributed by atoms with E-state index < -0.39 is 46.9 Å². The fourth-order valence-corrected chi connectivity index (χ4v) is 4.52. The smallest absolute Gasteiger partial charge is 0.338 e. The molecule has 3 rings (SSSR count). The monoisotopic (exact) mass is 492 g/mol. The zero-order valence-electron chi connectivity index (χ0n) is 19.3. The van der Waals surface area contributed by atoms with Crippen molar-refractivity contribution in [2.24, 2.45) is 5.92 Å². The predicted molar refractivity (Wildman–Crippen MR) is 118 cm³/mol. The predicted octanol–water partition coefficient (Wildman–Crippen LogP) is 4.54. The molecule has 1 saturated carbocycles. The Morgan fingerprint density at radius 1 is 1.03 bits per heavy atom. The Bertz CT molecular complexity index is 1180. The van der Waals surface area contributed by atoms with Gasteiger partial charge in [0.2, 0.25) is 0 Å². The molecule has 0 aromatic heterocycles. The number of rotatable bonds is 5. The molecule has 3 amide bonds. The third-order valence-corrected chi connectivity index (χ3v) is 6.03. The van der Waals surface area contributed by atoms with Crippen LogP contribution in [0.2, 0.25) is 0 Å². The van der Waals surface area contributed by atoms with Crippen LogP contribution in [-0.4, -0.2) is 30.0 Å². The van der Waals surface area contributed by atoms with Crippen LogP contribution in [0, 0.1) is 32.5 Å². The molecule has 0 radical (unpaired) electrons. The first-order valence-corrected chi connectivity index (χ1v) is 10.9. The number of benzene rings is 2. The Kier molecular flexibility index (Phi) is 7.42. The Balaban J connectivity index is 1.56. The molecule has 186 valence electrons. The average molecular weight is 492 g/mol. The number of hydrogen-bond acceptors (Lipinski definition) is 4. The van der Waals surface area contributed by atoms with E-state index in [-0.39, 0.29) is 31.0 Å². The van der Waals surface area contributed by atoms with Crippen molar-refractivity contribution in [2.45, 2.75) is 45.7 Å². The molecule has 2 aromatic rings. The maximum absolute atomic E-state index is 13.7. The van der Waals surface area contributed by atoms with Crippen molar-refractivity contribution in [3.8, 4) is 0 Å². The van der Waals surface area contributed by atoms with Crippen LogP contribution < -0.4 is 10.6 Å². The van der Waals surface area contributed by atoms with Crippen LogP contribution in [0.5, 0.6) is 0 Å². The lowest BCUT2D eigenvalue weighted by Gasteiger charge is -2.16. The van der Waals surface area contributed by atoms with E-state index in [1.165, 1.54) is 0 Å². The SMILES string of the molecule is Cc1cc(C)c(C2C(=O)CC(CCNC(=O)NC(=O)c3ccc(C(F)(F)F)c(F)c3)C2=O)c(C)c1. The van der Waals surface area contributed by atoms with Crippen molar-refractivity contribution < 1.29 is 36.7 Å². The zero-order valence-corrected chi connectivity index (χ0v) is 19.3. The van der Waals surface area contributed by atoms with Gasteiger partial charge in [0.25, 0.3) is 5.91 Å². The van der Waals surface area contributed by atoms with Crippen LogP contribution in [-0.2, 0) is 15.8 Å². The van der Waals surface area contributed by atoms with Gasteiger partial charge in [0.15, 0.2) is 5.78 Å². The number of hydrogen-bond donors (Lipinski definition) is 2. The summed E-state index contributed by atoms with van der Waals surface area (Å²) in [5, 5.41) is 4.27. The fraction of sp³-hybridized carbons (Fsp3) is 0.360. The highest BCUT2D eigenvalue weighted by Crippen LogP contribution is 2.37. The largest absolute Gasteiger partial charge is 0.419 e. The average Bonchev–Trinajstić information content (AvgIpc) is 3.00. The van der Waals surface area contributed by atoms with Crippen molar-refractivity contribution in [1.82, 2.24) is 10.6 Å². The molecule has 0 bridgehead atoms. The topological polar surface area (TPSA) is 92.3 Å². The second kappa shape index (κ2) is 9.97. The third-order valence-electron chi connectivity index (χ3n) is 6.03. The van der Waals surface area contributed by atoms with Crippen molar-refractivity contribution in [3.05, 3.63) is 69.5 Å². The molecule has 2 aromatic carbocycles. The molecule has 10 heteroatoms. The van der Waals surface area contributed by atoms with E-state index in [2.05, 4.69) is 5.32 Å². The van der Waals surface area contributed by atoms with Crippen LogP contribution >= 0.6 is 0 Å². The molecule has 2 unspecified atom stereocenters. The normalized spacial score (nSPS) is 18.0. The summed E-state index contributed by atoms with van der Waals surface area (Å²) in [5.41, 5.74) is 1.49. The summed E-state index contributed by atoms with van der Waals surface area (Å²) < 4.78 is 51.6. The van der Waals surface area contributed by atoms with Gasteiger partial charge in [0, 0.05) is 24.4 Å². The third kappa shape index (κ3) is 5.75. The van der Waals surface area contributed by atoms with Crippen molar-refractivity contribution in [1.29, 1.82) is 0 Å². The van der Waals surface area contributed by atoms with Gasteiger partial charge in [-0.25, -0.2) is 9.18 Å². The molecule has 0 heterocycles. The van der Waals surface area contributed by atoms with Gasteiger partial charge in [-0.3, -0.25) is 19.7 Å². The van der Waals surface area contributed by atoms with Gasteiger partial charge >= 0.3 is 12.2 Å². The number of Topliss-reactive ketones (excluding diaryl/α,β-unsaturated/α-hetero) is 2. The summed E-state index contributed by atoms with van der Waals surface area (Å²) in [5.74, 6) is -4.56. The molecule has 35 heavy (non-hydrogen) atoms. The molecule has 2 N–H and O–H groups in total. The van der Waals surface area contributed by atoms with Gasteiger partial charge in [-0.05, 0) is 62.1 Å². The van der Waals surface area contributed by atoms with E-state index >= 15 is 0 Å². The van der Waals surface area contributed by atoms with E-state index in [9.17, 15) is 36.7 Å². The highest BCUT2D eigenvalue weighted by Gasteiger charge is 2.42. The van der Waals surface area contributed by atoms with E-state index in [1.54, 1.807) is 0 Å². The first-order valence-electron chi connectivity index (χ1n) is 10.9. The number of aryl methyl sites for hydroxylation is 3. The quantitative estimate of drug-likeness (QED) is 0.474. The molecule has 0 spiro atoms. The van der Waals surface area contributed by atoms with Crippen molar-refractivity contribution in [3.63, 3.8) is 0 Å². The minimum Gasteiger partial charge on any atom is -0.338 e. The fourth-order valence-electron chi connectivity index (χ4n) is 4.52. The minimum atomic E-state index is -4.91. The molecule has 1 aliphatic carbocycles. The van der Waals surface area contributed by atoms with Crippen LogP contribution in [0.25, 0.3) is 0 Å². The van der Waals surface area contributed by atoms with Gasteiger partial charge < -0.3 is 5.32 Å². The maximum Gasteiger partial charge on any atom is 0.419 e. The standard InChI is InChI=1S/C25H24F4N2O4/c1-12-8-13(2)20(14(3)9-12)21-19(32)11-15(22(21)33)6-7-30-24(35)31-23(34)16-4-5-17(18(26)10-16)25(27,28)29/h4-5,8-10,15,21H,6-7,11H2,1-3H3,(H2,30,31,34,35). The number of alkyl halides is 3. The first kappa shape index (κ1) is 26.1. The van der Waals surface area contributed by atoms with E-state index in [0.717, 1.165) is 22.8 Å². The number of urea groups is 1. The number of carbonyl (C=O) groups is 4. The van der Waals surface area contributed by atoms with Crippen LogP contribution in [0.1, 0.15) is 56.9 Å². The Labute approximate surface area is 199 Å². The molecule has 6 nitrogen and oxygen atoms in total. The number of ketones is 2. The van der Waals surface area contributed by atoms with Gasteiger partial charge in [0.1, 0.15) is 17.5 Å². The van der Waals surface area contributed by atoms with Crippen LogP contribution in [0.4, 0.5) is 22.4 Å². The van der Waals surface area contributed by atoms with Gasteiger partial charge in [0.05, 0.1) is 5.56 Å². The summed E-state index contributed by atoms with van der Waals surface area (Å²) in [7, 11) is 0. The summed E-state index contributed by atoms with van der Waals surface area (Å²) >= 11 is 0. The second-order valence-electron chi connectivity index (χ2n) is 8.71. The Morgan fingerprint density at radius 2 is 1.66 bits per heavy atom. The van der Waals surface area contributed by atoms with Gasteiger partial charge in [-0.1, -0.05) is 17.7 Å². The Morgan fingerprint density at radius 3 is 2.23 bits per heavy atom. The number of nitrogens with one attached hydrogen (secondary N) is 2. The number of halogens is 4. The lowest BCUT2D eigenvalue weighted by Crippen LogP contribution is -2.40. The van der Waals surface area contributed by atoms with E-state index in [1.807, 2.05) is 38.2 Å². The Hall–Kier alpha value is -3.56. The van der Waals surface area contributed by atoms with Gasteiger partial charge in [-0.2, -0.15) is 13.2 Å². The van der Waals surface area contributed by atoms with Crippen molar-refractivity contribution in [2.75, 3.05) is 6.54 Å². The number of amides is 3. The second-order valence-corrected chi connectivity index (χ2v) is 8.71. The molecule has 1 aliphatic rings. The van der Waals surface area contributed by atoms with Gasteiger partial charge in [-0.15, -0.1) is 0 Å². The maximum atomic E-state index is 13.7. The molecule has 0 saturated heterocycles. The van der Waals surface area contributed by atoms with E-state index in [0.29, 0.717) is 17.7 Å². The number of carbonyl (C=O) groups excluding carboxylic acids is 4. The lowest BCUT2D eigenvalue weighted by molar-refractivity contribution is -0.140. The highest BCUT2D eigenvalue weighted by molar-refractivity contribution is 6.15. The lowest BCUT2D eigenvalue weighted by atomic mass is 9.86. The first-order chi connectivity index (χ1) is 16.3. The molecule has 1 fully saturated rings. The number of imide groups is 1. The summed E-state index contributed by atoms with van der Waals surface area (Å²) in [6.07, 6.45) is -4.70. The molecular weight excluding hydrogens is 468 g/mol. The minimum absolute atomic E-state index is 0.0250. The molecule has 0 aliphatic heterocycles. The van der Waals surface area contributed by atoms with Crippen LogP contribution in [0.15, 0.2) is 30.3 Å². The zero-order chi connectivity index (χ0) is 26.1. The molecule has 2 atom stereocenters. The molecular formula is C25H24F4N2O4. The summed E-state index contributed by atoms with van der Waals surface area (Å²) in [6.45, 7) is 5.62. The highest BCUT2D eigenvalue weighted by atomic mass is 19.4. The summed E-state index contributed by atoms with van der Waals surface area (Å²) in [6, 6.07) is 4.44. The van der Waals surface area contributed by atoms with E-state index in [4.69, 9.17) is 0 Å². The summed E-state index contributed by atoms with van der Waals surface area (Å²) in [4.78, 5) is 49.6. The van der Waals surface area contributed by atoms with Crippen LogP contribution in [0.3, 0.4) is 0 Å².